The van der Waals surface area contributed by atoms with Crippen molar-refractivity contribution in [1.29, 1.82) is 5.41 Å². The van der Waals surface area contributed by atoms with Crippen LogP contribution in [0.15, 0.2) is 28.2 Å². The Labute approximate surface area is 218 Å². The molecule has 38 heavy (non-hydrogen) atoms. The van der Waals surface area contributed by atoms with Gasteiger partial charge in [0.15, 0.2) is 11.2 Å². The minimum Gasteiger partial charge on any atom is -0.326 e. The highest BCUT2D eigenvalue weighted by Crippen LogP contribution is 2.32. The average molecular weight is 538 g/mol. The molecule has 0 radical (unpaired) electrons. The van der Waals surface area contributed by atoms with Crippen molar-refractivity contribution in [2.45, 2.75) is 37.4 Å². The zero-order chi connectivity index (χ0) is 27.4. The van der Waals surface area contributed by atoms with Gasteiger partial charge in [-0.25, -0.2) is 8.42 Å². The SMILES string of the molecule is Cn1c(=O)c2c(nc(S(C)(=O)=O)n2C)n(CC#Cc2cc(NC(=O)C3CC3)cc(NC(=O)C3CC3)c2)c1=N. The number of sulfone groups is 1. The zero-order valence-corrected chi connectivity index (χ0v) is 22.0. The number of nitrogens with zero attached hydrogens (tertiary/aromatic N) is 4. The lowest BCUT2D eigenvalue weighted by molar-refractivity contribution is -0.118. The smallest absolute Gasteiger partial charge is 0.280 e. The van der Waals surface area contributed by atoms with Crippen molar-refractivity contribution in [2.75, 3.05) is 16.9 Å². The summed E-state index contributed by atoms with van der Waals surface area (Å²) in [5, 5.41) is 13.9. The molecule has 3 aromatic rings. The maximum absolute atomic E-state index is 12.8. The number of carbonyl (C=O) groups excluding carboxylic acids is 2. The number of hydrogen-bond donors (Lipinski definition) is 3. The van der Waals surface area contributed by atoms with Crippen molar-refractivity contribution in [3.05, 3.63) is 39.7 Å². The second-order valence-corrected chi connectivity index (χ2v) is 11.7. The second kappa shape index (κ2) is 9.29. The molecular weight excluding hydrogens is 510 g/mol. The summed E-state index contributed by atoms with van der Waals surface area (Å²) in [6, 6.07) is 5.09. The Morgan fingerprint density at radius 1 is 1.03 bits per heavy atom. The molecule has 12 nitrogen and oxygen atoms in total. The second-order valence-electron chi connectivity index (χ2n) is 9.80. The van der Waals surface area contributed by atoms with Gasteiger partial charge in [-0.15, -0.1) is 0 Å². The molecule has 0 bridgehead atoms. The van der Waals surface area contributed by atoms with Crippen molar-refractivity contribution in [3.8, 4) is 11.8 Å². The first-order valence-electron chi connectivity index (χ1n) is 12.1. The van der Waals surface area contributed by atoms with Gasteiger partial charge in [0, 0.05) is 49.1 Å². The lowest BCUT2D eigenvalue weighted by atomic mass is 10.1. The van der Waals surface area contributed by atoms with E-state index in [4.69, 9.17) is 5.41 Å². The van der Waals surface area contributed by atoms with Crippen LogP contribution >= 0.6 is 0 Å². The first kappa shape index (κ1) is 25.5. The molecule has 2 heterocycles. The Morgan fingerprint density at radius 2 is 1.58 bits per heavy atom. The van der Waals surface area contributed by atoms with E-state index in [0.717, 1.165) is 36.5 Å². The Hall–Kier alpha value is -4.18. The van der Waals surface area contributed by atoms with Crippen LogP contribution < -0.4 is 21.8 Å². The van der Waals surface area contributed by atoms with E-state index >= 15 is 0 Å². The fraction of sp³-hybridized carbons (Fsp3) is 0.400. The van der Waals surface area contributed by atoms with E-state index in [1.54, 1.807) is 18.2 Å². The van der Waals surface area contributed by atoms with Crippen LogP contribution in [0.25, 0.3) is 11.2 Å². The number of aryl methyl sites for hydroxylation is 1. The van der Waals surface area contributed by atoms with Gasteiger partial charge in [-0.3, -0.25) is 28.9 Å². The van der Waals surface area contributed by atoms with Crippen molar-refractivity contribution in [3.63, 3.8) is 0 Å². The van der Waals surface area contributed by atoms with Crippen LogP contribution in [-0.2, 0) is 40.1 Å². The molecule has 5 rings (SSSR count). The molecule has 3 N–H and O–H groups in total. The normalized spacial score (nSPS) is 15.1. The monoisotopic (exact) mass is 537 g/mol. The molecule has 0 aliphatic heterocycles. The third kappa shape index (κ3) is 4.99. The number of amides is 2. The van der Waals surface area contributed by atoms with Crippen molar-refractivity contribution >= 4 is 44.2 Å². The van der Waals surface area contributed by atoms with Gasteiger partial charge in [-0.2, -0.15) is 4.98 Å². The fourth-order valence-corrected chi connectivity index (χ4v) is 4.99. The van der Waals surface area contributed by atoms with E-state index in [9.17, 15) is 22.8 Å². The molecule has 2 aliphatic rings. The van der Waals surface area contributed by atoms with Crippen LogP contribution in [0, 0.1) is 29.1 Å². The lowest BCUT2D eigenvalue weighted by Gasteiger charge is -2.10. The quantitative estimate of drug-likeness (QED) is 0.392. The summed E-state index contributed by atoms with van der Waals surface area (Å²) < 4.78 is 28.0. The standard InChI is InChI=1S/C25H27N7O5S/c1-30-19-20(29-25(30)38(3,36)37)32(24(26)31(2)23(19)35)10-4-5-14-11-17(27-21(33)15-6-7-15)13-18(12-14)28-22(34)16-8-9-16/h11-13,15-16,26H,6-10H2,1-3H3,(H,27,33)(H,28,34). The van der Waals surface area contributed by atoms with Gasteiger partial charge in [0.2, 0.25) is 32.4 Å². The molecule has 2 fully saturated rings. The minimum absolute atomic E-state index is 0.00320. The number of imidazole rings is 1. The van der Waals surface area contributed by atoms with Crippen molar-refractivity contribution < 1.29 is 18.0 Å². The van der Waals surface area contributed by atoms with Crippen LogP contribution in [-0.4, -0.2) is 45.2 Å². The van der Waals surface area contributed by atoms with Crippen LogP contribution in [0.2, 0.25) is 0 Å². The number of fused-ring (bicyclic) bond motifs is 1. The number of carbonyl (C=O) groups is 2. The number of benzene rings is 1. The number of aromatic nitrogens is 4. The highest BCUT2D eigenvalue weighted by molar-refractivity contribution is 7.90. The molecule has 2 amide bonds. The Kier molecular flexibility index (Phi) is 6.22. The highest BCUT2D eigenvalue weighted by Gasteiger charge is 2.31. The van der Waals surface area contributed by atoms with Crippen LogP contribution in [0.1, 0.15) is 31.2 Å². The van der Waals surface area contributed by atoms with E-state index in [-0.39, 0.29) is 52.1 Å². The first-order valence-corrected chi connectivity index (χ1v) is 14.0. The topological polar surface area (TPSA) is 161 Å². The molecule has 2 aromatic heterocycles. The molecule has 2 saturated carbocycles. The number of rotatable bonds is 6. The van der Waals surface area contributed by atoms with Gasteiger partial charge in [0.25, 0.3) is 5.56 Å². The predicted octanol–water partition coefficient (Wildman–Crippen LogP) is 0.705. The van der Waals surface area contributed by atoms with Gasteiger partial charge in [-0.05, 0) is 43.9 Å². The highest BCUT2D eigenvalue weighted by atomic mass is 32.2. The molecular formula is C25H27N7O5S. The molecule has 1 aromatic carbocycles. The largest absolute Gasteiger partial charge is 0.326 e. The molecule has 0 atom stereocenters. The van der Waals surface area contributed by atoms with Crippen LogP contribution in [0.5, 0.6) is 0 Å². The number of nitrogens with one attached hydrogen (secondary N) is 3. The Morgan fingerprint density at radius 3 is 2.08 bits per heavy atom. The summed E-state index contributed by atoms with van der Waals surface area (Å²) in [5.41, 5.74) is 0.892. The summed E-state index contributed by atoms with van der Waals surface area (Å²) in [6.07, 6.45) is 4.41. The van der Waals surface area contributed by atoms with E-state index in [2.05, 4.69) is 27.5 Å². The number of hydrogen-bond acceptors (Lipinski definition) is 7. The summed E-state index contributed by atoms with van der Waals surface area (Å²) in [4.78, 5) is 41.6. The number of anilines is 2. The summed E-state index contributed by atoms with van der Waals surface area (Å²) >= 11 is 0. The van der Waals surface area contributed by atoms with E-state index in [0.29, 0.717) is 16.9 Å². The molecule has 0 saturated heterocycles. The Bertz CT molecular complexity index is 1750. The Balaban J connectivity index is 1.51. The third-order valence-corrected chi connectivity index (χ3v) is 7.57. The molecule has 0 unspecified atom stereocenters. The molecule has 13 heteroatoms. The zero-order valence-electron chi connectivity index (χ0n) is 21.2. The maximum atomic E-state index is 12.8. The maximum Gasteiger partial charge on any atom is 0.280 e. The average Bonchev–Trinajstić information content (AvgIpc) is 3.75. The summed E-state index contributed by atoms with van der Waals surface area (Å²) in [7, 11) is -0.872. The fourth-order valence-electron chi connectivity index (χ4n) is 4.15. The van der Waals surface area contributed by atoms with Gasteiger partial charge < -0.3 is 15.2 Å². The predicted molar refractivity (Wildman–Crippen MR) is 139 cm³/mol. The van der Waals surface area contributed by atoms with Gasteiger partial charge in [0.05, 0.1) is 6.54 Å². The van der Waals surface area contributed by atoms with Gasteiger partial charge in [-0.1, -0.05) is 11.8 Å². The van der Waals surface area contributed by atoms with E-state index < -0.39 is 15.4 Å². The van der Waals surface area contributed by atoms with Crippen LogP contribution in [0.3, 0.4) is 0 Å². The third-order valence-electron chi connectivity index (χ3n) is 6.54. The molecule has 198 valence electrons. The first-order chi connectivity index (χ1) is 17.9. The van der Waals surface area contributed by atoms with Gasteiger partial charge >= 0.3 is 0 Å². The lowest BCUT2D eigenvalue weighted by Crippen LogP contribution is -2.38. The van der Waals surface area contributed by atoms with E-state index in [1.807, 2.05) is 0 Å². The van der Waals surface area contributed by atoms with Crippen molar-refractivity contribution in [1.82, 2.24) is 18.7 Å². The minimum atomic E-state index is -3.73. The molecule has 2 aliphatic carbocycles. The van der Waals surface area contributed by atoms with Crippen LogP contribution in [0.4, 0.5) is 11.4 Å². The summed E-state index contributed by atoms with van der Waals surface area (Å²) in [5.74, 6) is 5.80. The van der Waals surface area contributed by atoms with E-state index in [1.165, 1.54) is 23.2 Å². The van der Waals surface area contributed by atoms with Crippen molar-refractivity contribution in [2.24, 2.45) is 25.9 Å². The van der Waals surface area contributed by atoms with Gasteiger partial charge in [0.1, 0.15) is 0 Å². The summed E-state index contributed by atoms with van der Waals surface area (Å²) in [6.45, 7) is -0.0634. The molecule has 0 spiro atoms.